The predicted molar refractivity (Wildman–Crippen MR) is 52.0 cm³/mol. The zero-order chi connectivity index (χ0) is 8.55. The molecule has 1 heterocycles. The van der Waals surface area contributed by atoms with Crippen LogP contribution in [0.3, 0.4) is 0 Å². The van der Waals surface area contributed by atoms with Crippen molar-refractivity contribution in [3.8, 4) is 5.75 Å². The first-order valence-electron chi connectivity index (χ1n) is 3.58. The number of hydrogen-bond donors (Lipinski definition) is 2. The molecule has 1 aromatic carbocycles. The molecule has 3 nitrogen and oxygen atoms in total. The highest BCUT2D eigenvalue weighted by Gasteiger charge is 1.97. The molecular formula is C9H7AlNO2. The van der Waals surface area contributed by atoms with Crippen molar-refractivity contribution in [2.75, 3.05) is 0 Å². The molecule has 0 amide bonds. The molecule has 0 bridgehead atoms. The average molecular weight is 188 g/mol. The Bertz CT molecular complexity index is 478. The Labute approximate surface area is 85.2 Å². The summed E-state index contributed by atoms with van der Waals surface area (Å²) in [6.45, 7) is 0. The number of aromatic hydroxyl groups is 1. The SMILES string of the molecule is O=c1[nH]c2ccccc2cc1O.[Al]. The summed E-state index contributed by atoms with van der Waals surface area (Å²) in [5.74, 6) is -0.242. The van der Waals surface area contributed by atoms with Gasteiger partial charge in [0.2, 0.25) is 0 Å². The van der Waals surface area contributed by atoms with E-state index in [2.05, 4.69) is 4.98 Å². The van der Waals surface area contributed by atoms with Crippen molar-refractivity contribution >= 4 is 28.3 Å². The summed E-state index contributed by atoms with van der Waals surface area (Å²) in [6, 6.07) is 8.74. The van der Waals surface area contributed by atoms with Crippen LogP contribution in [0.25, 0.3) is 10.9 Å². The lowest BCUT2D eigenvalue weighted by atomic mass is 10.2. The van der Waals surface area contributed by atoms with E-state index in [0.717, 1.165) is 10.9 Å². The number of pyridine rings is 1. The number of hydrogen-bond acceptors (Lipinski definition) is 2. The standard InChI is InChI=1S/C9H7NO2.Al/c11-8-5-6-3-1-2-4-7(6)10-9(8)12;/h1-5,11H,(H,10,12);. The highest BCUT2D eigenvalue weighted by Crippen LogP contribution is 2.12. The predicted octanol–water partition coefficient (Wildman–Crippen LogP) is 0.853. The largest absolute Gasteiger partial charge is 0.503 e. The number of rotatable bonds is 0. The number of H-pyrrole nitrogens is 1. The minimum atomic E-state index is -0.450. The van der Waals surface area contributed by atoms with Crippen LogP contribution in [0.15, 0.2) is 35.1 Å². The molecule has 4 heteroatoms. The van der Waals surface area contributed by atoms with E-state index in [1.54, 1.807) is 6.07 Å². The second-order valence-electron chi connectivity index (χ2n) is 2.57. The van der Waals surface area contributed by atoms with Gasteiger partial charge in [-0.2, -0.15) is 0 Å². The van der Waals surface area contributed by atoms with Gasteiger partial charge in [-0.05, 0) is 12.1 Å². The van der Waals surface area contributed by atoms with Crippen LogP contribution in [0.5, 0.6) is 5.75 Å². The first-order chi connectivity index (χ1) is 5.77. The molecule has 0 saturated carbocycles. The van der Waals surface area contributed by atoms with Crippen LogP contribution < -0.4 is 5.56 Å². The maximum absolute atomic E-state index is 10.9. The molecule has 13 heavy (non-hydrogen) atoms. The molecule has 2 aromatic rings. The van der Waals surface area contributed by atoms with Crippen molar-refractivity contribution in [2.45, 2.75) is 0 Å². The van der Waals surface area contributed by atoms with E-state index in [0.29, 0.717) is 0 Å². The van der Waals surface area contributed by atoms with Crippen LogP contribution in [-0.4, -0.2) is 27.5 Å². The zero-order valence-electron chi connectivity index (χ0n) is 6.82. The van der Waals surface area contributed by atoms with E-state index >= 15 is 0 Å². The summed E-state index contributed by atoms with van der Waals surface area (Å²) in [5, 5.41) is 9.90. The van der Waals surface area contributed by atoms with E-state index in [4.69, 9.17) is 5.11 Å². The molecule has 0 unspecified atom stereocenters. The molecule has 0 fully saturated rings. The lowest BCUT2D eigenvalue weighted by molar-refractivity contribution is 0.468. The molecule has 0 atom stereocenters. The third kappa shape index (κ3) is 1.74. The summed E-state index contributed by atoms with van der Waals surface area (Å²) >= 11 is 0. The van der Waals surface area contributed by atoms with Gasteiger partial charge in [0.1, 0.15) is 0 Å². The fourth-order valence-corrected chi connectivity index (χ4v) is 1.14. The van der Waals surface area contributed by atoms with Crippen molar-refractivity contribution in [1.29, 1.82) is 0 Å². The maximum Gasteiger partial charge on any atom is 0.290 e. The van der Waals surface area contributed by atoms with Crippen LogP contribution in [-0.2, 0) is 0 Å². The van der Waals surface area contributed by atoms with Gasteiger partial charge in [0.15, 0.2) is 5.75 Å². The van der Waals surface area contributed by atoms with Crippen LogP contribution in [0.1, 0.15) is 0 Å². The minimum Gasteiger partial charge on any atom is -0.503 e. The Morgan fingerprint density at radius 2 is 1.92 bits per heavy atom. The third-order valence-corrected chi connectivity index (χ3v) is 1.73. The highest BCUT2D eigenvalue weighted by atomic mass is 27.0. The summed E-state index contributed by atoms with van der Waals surface area (Å²) in [7, 11) is 0. The molecule has 3 radical (unpaired) electrons. The lowest BCUT2D eigenvalue weighted by Crippen LogP contribution is -2.03. The summed E-state index contributed by atoms with van der Waals surface area (Å²) in [4.78, 5) is 13.5. The van der Waals surface area contributed by atoms with Gasteiger partial charge in [-0.3, -0.25) is 4.79 Å². The number of aromatic nitrogens is 1. The second-order valence-corrected chi connectivity index (χ2v) is 2.57. The van der Waals surface area contributed by atoms with Gasteiger partial charge in [-0.1, -0.05) is 18.2 Å². The van der Waals surface area contributed by atoms with E-state index in [1.807, 2.05) is 18.2 Å². The van der Waals surface area contributed by atoms with Gasteiger partial charge in [-0.25, -0.2) is 0 Å². The molecule has 0 saturated heterocycles. The van der Waals surface area contributed by atoms with Crippen LogP contribution in [0.2, 0.25) is 0 Å². The maximum atomic E-state index is 10.9. The Morgan fingerprint density at radius 1 is 1.23 bits per heavy atom. The van der Waals surface area contributed by atoms with E-state index in [1.165, 1.54) is 6.07 Å². The van der Waals surface area contributed by atoms with E-state index in [-0.39, 0.29) is 23.1 Å². The smallest absolute Gasteiger partial charge is 0.290 e. The second kappa shape index (κ2) is 3.65. The van der Waals surface area contributed by atoms with Crippen LogP contribution >= 0.6 is 0 Å². The fourth-order valence-electron chi connectivity index (χ4n) is 1.14. The van der Waals surface area contributed by atoms with Crippen molar-refractivity contribution in [1.82, 2.24) is 4.98 Å². The van der Waals surface area contributed by atoms with Crippen molar-refractivity contribution < 1.29 is 5.11 Å². The Kier molecular flexibility index (Phi) is 2.77. The Balaban J connectivity index is 0.000000845. The normalized spacial score (nSPS) is 9.54. The summed E-state index contributed by atoms with van der Waals surface area (Å²) in [6.07, 6.45) is 0. The summed E-state index contributed by atoms with van der Waals surface area (Å²) < 4.78 is 0. The third-order valence-electron chi connectivity index (χ3n) is 1.73. The highest BCUT2D eigenvalue weighted by molar-refractivity contribution is 5.79. The number of para-hydroxylation sites is 1. The van der Waals surface area contributed by atoms with Crippen LogP contribution in [0, 0.1) is 0 Å². The molecule has 0 spiro atoms. The Hall–Kier alpha value is -1.24. The molecule has 63 valence electrons. The summed E-state index contributed by atoms with van der Waals surface area (Å²) in [5.41, 5.74) is 0.286. The lowest BCUT2D eigenvalue weighted by Gasteiger charge is -1.96. The quantitative estimate of drug-likeness (QED) is 0.602. The topological polar surface area (TPSA) is 53.1 Å². The fraction of sp³-hybridized carbons (Fsp3) is 0. The molecule has 2 N–H and O–H groups in total. The first kappa shape index (κ1) is 9.85. The molecule has 2 rings (SSSR count). The van der Waals surface area contributed by atoms with Gasteiger partial charge in [-0.15, -0.1) is 0 Å². The monoisotopic (exact) mass is 188 g/mol. The van der Waals surface area contributed by atoms with Gasteiger partial charge in [0.05, 0.1) is 0 Å². The first-order valence-corrected chi connectivity index (χ1v) is 3.58. The molecule has 0 aliphatic carbocycles. The van der Waals surface area contributed by atoms with E-state index in [9.17, 15) is 4.79 Å². The van der Waals surface area contributed by atoms with Crippen molar-refractivity contribution in [2.24, 2.45) is 0 Å². The zero-order valence-corrected chi connectivity index (χ0v) is 7.97. The average Bonchev–Trinajstić information content (AvgIpc) is 2.07. The molecule has 1 aromatic heterocycles. The van der Waals surface area contributed by atoms with E-state index < -0.39 is 5.56 Å². The van der Waals surface area contributed by atoms with Crippen LogP contribution in [0.4, 0.5) is 0 Å². The van der Waals surface area contributed by atoms with Crippen molar-refractivity contribution in [3.05, 3.63) is 40.7 Å². The number of aromatic amines is 1. The minimum absolute atomic E-state index is 0. The van der Waals surface area contributed by atoms with Gasteiger partial charge >= 0.3 is 0 Å². The number of nitrogens with one attached hydrogen (secondary N) is 1. The van der Waals surface area contributed by atoms with Gasteiger partial charge < -0.3 is 10.1 Å². The molecule has 0 aliphatic rings. The van der Waals surface area contributed by atoms with Gasteiger partial charge in [0, 0.05) is 28.3 Å². The number of fused-ring (bicyclic) bond motifs is 1. The molecular weight excluding hydrogens is 181 g/mol. The van der Waals surface area contributed by atoms with Crippen molar-refractivity contribution in [3.63, 3.8) is 0 Å². The molecule has 0 aliphatic heterocycles. The Morgan fingerprint density at radius 3 is 2.69 bits per heavy atom. The van der Waals surface area contributed by atoms with Gasteiger partial charge in [0.25, 0.3) is 5.56 Å². The number of benzene rings is 1.